The van der Waals surface area contributed by atoms with E-state index in [9.17, 15) is 4.79 Å². The molecular formula is C13H21ClN4O. The van der Waals surface area contributed by atoms with E-state index < -0.39 is 0 Å². The largest absolute Gasteiger partial charge is 0.399 e. The quantitative estimate of drug-likeness (QED) is 0.774. The van der Waals surface area contributed by atoms with Crippen LogP contribution in [0.3, 0.4) is 0 Å². The molecule has 0 radical (unpaired) electrons. The summed E-state index contributed by atoms with van der Waals surface area (Å²) >= 11 is 6.00. The summed E-state index contributed by atoms with van der Waals surface area (Å²) in [6.45, 7) is 2.07. The number of halogens is 1. The molecule has 1 amide bonds. The molecule has 0 saturated heterocycles. The van der Waals surface area contributed by atoms with Crippen molar-refractivity contribution in [2.75, 3.05) is 51.8 Å². The maximum atomic E-state index is 11.8. The number of carbonyl (C=O) groups excluding carboxylic acids is 1. The molecule has 0 atom stereocenters. The summed E-state index contributed by atoms with van der Waals surface area (Å²) in [4.78, 5) is 15.9. The van der Waals surface area contributed by atoms with Crippen molar-refractivity contribution < 1.29 is 4.79 Å². The van der Waals surface area contributed by atoms with E-state index in [0.29, 0.717) is 22.9 Å². The molecule has 0 saturated carbocycles. The molecule has 3 N–H and O–H groups in total. The Hall–Kier alpha value is -1.30. The molecular weight excluding hydrogens is 264 g/mol. The SMILES string of the molecule is CN(C)CCN(C)CC(=O)Nc1ccc(N)cc1Cl. The van der Waals surface area contributed by atoms with Crippen LogP contribution in [0, 0.1) is 0 Å². The highest BCUT2D eigenvalue weighted by Crippen LogP contribution is 2.23. The van der Waals surface area contributed by atoms with Gasteiger partial charge < -0.3 is 16.0 Å². The molecule has 0 spiro atoms. The standard InChI is InChI=1S/C13H21ClN4O/c1-17(2)6-7-18(3)9-13(19)16-12-5-4-10(15)8-11(12)14/h4-5,8H,6-7,9,15H2,1-3H3,(H,16,19). The third kappa shape index (κ3) is 5.92. The van der Waals surface area contributed by atoms with Gasteiger partial charge in [-0.25, -0.2) is 0 Å². The summed E-state index contributed by atoms with van der Waals surface area (Å²) in [5, 5.41) is 3.22. The van der Waals surface area contributed by atoms with Gasteiger partial charge in [-0.3, -0.25) is 9.69 Å². The van der Waals surface area contributed by atoms with E-state index >= 15 is 0 Å². The lowest BCUT2D eigenvalue weighted by Gasteiger charge is -2.19. The molecule has 0 aromatic heterocycles. The van der Waals surface area contributed by atoms with Crippen LogP contribution in [-0.2, 0) is 4.79 Å². The minimum atomic E-state index is -0.0899. The zero-order valence-corrected chi connectivity index (χ0v) is 12.4. The average Bonchev–Trinajstić information content (AvgIpc) is 2.30. The first-order chi connectivity index (χ1) is 8.88. The molecule has 6 heteroatoms. The van der Waals surface area contributed by atoms with Crippen LogP contribution in [0.25, 0.3) is 0 Å². The Morgan fingerprint density at radius 1 is 1.32 bits per heavy atom. The van der Waals surface area contributed by atoms with E-state index in [0.717, 1.165) is 13.1 Å². The van der Waals surface area contributed by atoms with Gasteiger partial charge >= 0.3 is 0 Å². The van der Waals surface area contributed by atoms with Crippen molar-refractivity contribution in [3.8, 4) is 0 Å². The van der Waals surface area contributed by atoms with Crippen LogP contribution in [-0.4, -0.2) is 56.5 Å². The van der Waals surface area contributed by atoms with E-state index in [1.165, 1.54) is 0 Å². The van der Waals surface area contributed by atoms with Crippen molar-refractivity contribution in [2.45, 2.75) is 0 Å². The third-order valence-electron chi connectivity index (χ3n) is 2.61. The summed E-state index contributed by atoms with van der Waals surface area (Å²) in [6.07, 6.45) is 0. The molecule has 5 nitrogen and oxygen atoms in total. The maximum absolute atomic E-state index is 11.8. The molecule has 1 aromatic carbocycles. The van der Waals surface area contributed by atoms with Gasteiger partial charge in [-0.05, 0) is 39.3 Å². The number of likely N-dealkylation sites (N-methyl/N-ethyl adjacent to an activating group) is 2. The molecule has 1 aromatic rings. The van der Waals surface area contributed by atoms with E-state index in [4.69, 9.17) is 17.3 Å². The zero-order chi connectivity index (χ0) is 14.4. The van der Waals surface area contributed by atoms with Gasteiger partial charge in [0.2, 0.25) is 5.91 Å². The number of benzene rings is 1. The number of anilines is 2. The minimum absolute atomic E-state index is 0.0899. The molecule has 1 rings (SSSR count). The summed E-state index contributed by atoms with van der Waals surface area (Å²) in [6, 6.07) is 5.03. The maximum Gasteiger partial charge on any atom is 0.238 e. The molecule has 0 aliphatic carbocycles. The number of amides is 1. The highest BCUT2D eigenvalue weighted by molar-refractivity contribution is 6.34. The lowest BCUT2D eigenvalue weighted by atomic mass is 10.3. The minimum Gasteiger partial charge on any atom is -0.399 e. The molecule has 19 heavy (non-hydrogen) atoms. The van der Waals surface area contributed by atoms with Crippen molar-refractivity contribution in [1.82, 2.24) is 9.80 Å². The van der Waals surface area contributed by atoms with Crippen LogP contribution < -0.4 is 11.1 Å². The lowest BCUT2D eigenvalue weighted by Crippen LogP contribution is -2.34. The summed E-state index contributed by atoms with van der Waals surface area (Å²) in [5.74, 6) is -0.0899. The fourth-order valence-electron chi connectivity index (χ4n) is 1.52. The number of nitrogens with one attached hydrogen (secondary N) is 1. The van der Waals surface area contributed by atoms with Gasteiger partial charge in [-0.2, -0.15) is 0 Å². The fourth-order valence-corrected chi connectivity index (χ4v) is 1.75. The smallest absolute Gasteiger partial charge is 0.238 e. The van der Waals surface area contributed by atoms with Crippen LogP contribution >= 0.6 is 11.6 Å². The molecule has 0 heterocycles. The van der Waals surface area contributed by atoms with Crippen LogP contribution in [0.4, 0.5) is 11.4 Å². The van der Waals surface area contributed by atoms with Gasteiger partial charge in [0, 0.05) is 18.8 Å². The monoisotopic (exact) mass is 284 g/mol. The number of hydrogen-bond donors (Lipinski definition) is 2. The normalized spacial score (nSPS) is 11.1. The van der Waals surface area contributed by atoms with E-state index in [1.54, 1.807) is 18.2 Å². The first-order valence-electron chi connectivity index (χ1n) is 6.06. The summed E-state index contributed by atoms with van der Waals surface area (Å²) in [7, 11) is 5.91. The van der Waals surface area contributed by atoms with Crippen molar-refractivity contribution >= 4 is 28.9 Å². The fraction of sp³-hybridized carbons (Fsp3) is 0.462. The van der Waals surface area contributed by atoms with E-state index in [1.807, 2.05) is 26.0 Å². The van der Waals surface area contributed by atoms with Crippen molar-refractivity contribution in [1.29, 1.82) is 0 Å². The van der Waals surface area contributed by atoms with Gasteiger partial charge in [0.25, 0.3) is 0 Å². The van der Waals surface area contributed by atoms with Crippen LogP contribution in [0.15, 0.2) is 18.2 Å². The number of hydrogen-bond acceptors (Lipinski definition) is 4. The van der Waals surface area contributed by atoms with Crippen molar-refractivity contribution in [3.63, 3.8) is 0 Å². The van der Waals surface area contributed by atoms with E-state index in [2.05, 4.69) is 10.2 Å². The molecule has 0 bridgehead atoms. The number of rotatable bonds is 6. The first kappa shape index (κ1) is 15.8. The molecule has 0 aliphatic heterocycles. The van der Waals surface area contributed by atoms with Crippen LogP contribution in [0.1, 0.15) is 0 Å². The second-order valence-electron chi connectivity index (χ2n) is 4.83. The van der Waals surface area contributed by atoms with Crippen LogP contribution in [0.5, 0.6) is 0 Å². The van der Waals surface area contributed by atoms with Crippen LogP contribution in [0.2, 0.25) is 5.02 Å². The molecule has 0 fully saturated rings. The number of nitrogens with zero attached hydrogens (tertiary/aromatic N) is 2. The number of carbonyl (C=O) groups is 1. The Morgan fingerprint density at radius 2 is 2.00 bits per heavy atom. The second kappa shape index (κ2) is 7.33. The lowest BCUT2D eigenvalue weighted by molar-refractivity contribution is -0.117. The number of nitrogen functional groups attached to an aromatic ring is 1. The predicted octanol–water partition coefficient (Wildman–Crippen LogP) is 1.35. The predicted molar refractivity (Wildman–Crippen MR) is 80.5 cm³/mol. The molecule has 0 unspecified atom stereocenters. The van der Waals surface area contributed by atoms with Crippen molar-refractivity contribution in [2.24, 2.45) is 0 Å². The topological polar surface area (TPSA) is 61.6 Å². The number of nitrogens with two attached hydrogens (primary N) is 1. The second-order valence-corrected chi connectivity index (χ2v) is 5.24. The van der Waals surface area contributed by atoms with Gasteiger partial charge in [0.15, 0.2) is 0 Å². The highest BCUT2D eigenvalue weighted by Gasteiger charge is 2.09. The molecule has 106 valence electrons. The molecule has 0 aliphatic rings. The highest BCUT2D eigenvalue weighted by atomic mass is 35.5. The Bertz CT molecular complexity index is 437. The first-order valence-corrected chi connectivity index (χ1v) is 6.44. The van der Waals surface area contributed by atoms with Gasteiger partial charge in [-0.1, -0.05) is 11.6 Å². The summed E-state index contributed by atoms with van der Waals surface area (Å²) in [5.41, 5.74) is 6.76. The Kier molecular flexibility index (Phi) is 6.08. The van der Waals surface area contributed by atoms with E-state index in [-0.39, 0.29) is 5.91 Å². The zero-order valence-electron chi connectivity index (χ0n) is 11.6. The van der Waals surface area contributed by atoms with Crippen molar-refractivity contribution in [3.05, 3.63) is 23.2 Å². The summed E-state index contributed by atoms with van der Waals surface area (Å²) < 4.78 is 0. The average molecular weight is 285 g/mol. The Morgan fingerprint density at radius 3 is 2.58 bits per heavy atom. The van der Waals surface area contributed by atoms with Gasteiger partial charge in [0.1, 0.15) is 0 Å². The third-order valence-corrected chi connectivity index (χ3v) is 2.92. The van der Waals surface area contributed by atoms with Gasteiger partial charge in [0.05, 0.1) is 17.3 Å². The van der Waals surface area contributed by atoms with Gasteiger partial charge in [-0.15, -0.1) is 0 Å². The Balaban J connectivity index is 2.46. The Labute approximate surface area is 119 Å².